The van der Waals surface area contributed by atoms with E-state index >= 15 is 0 Å². The van der Waals surface area contributed by atoms with Crippen LogP contribution < -0.4 is 9.80 Å². The van der Waals surface area contributed by atoms with Crippen LogP contribution in [0.5, 0.6) is 0 Å². The number of hydrogen-bond donors (Lipinski definition) is 0. The Kier molecular flexibility index (Phi) is 4.85. The molecule has 30 heavy (non-hydrogen) atoms. The first-order chi connectivity index (χ1) is 14.6. The largest absolute Gasteiger partial charge is 0.418 e. The van der Waals surface area contributed by atoms with Crippen LogP contribution in [0, 0.1) is 0 Å². The summed E-state index contributed by atoms with van der Waals surface area (Å²) in [4.78, 5) is 32.5. The summed E-state index contributed by atoms with van der Waals surface area (Å²) in [6.07, 6.45) is 8.47. The van der Waals surface area contributed by atoms with Crippen LogP contribution in [0.25, 0.3) is 10.2 Å². The monoisotopic (exact) mass is 426 g/mol. The summed E-state index contributed by atoms with van der Waals surface area (Å²) in [6.45, 7) is 2.46. The zero-order valence-electron chi connectivity index (χ0n) is 17.4. The predicted molar refractivity (Wildman–Crippen MR) is 117 cm³/mol. The zero-order valence-corrected chi connectivity index (χ0v) is 18.2. The average Bonchev–Trinajstić information content (AvgIpc) is 3.46. The van der Waals surface area contributed by atoms with Crippen molar-refractivity contribution in [1.29, 1.82) is 0 Å². The molecule has 0 radical (unpaired) electrons. The van der Waals surface area contributed by atoms with Gasteiger partial charge in [-0.25, -0.2) is 15.0 Å². The third kappa shape index (κ3) is 3.21. The Labute approximate surface area is 179 Å². The molecule has 2 fully saturated rings. The highest BCUT2D eigenvalue weighted by atomic mass is 32.1. The first-order valence-electron chi connectivity index (χ1n) is 10.5. The molecule has 1 atom stereocenters. The summed E-state index contributed by atoms with van der Waals surface area (Å²) < 4.78 is 6.81. The molecule has 3 aromatic rings. The number of carbonyl (C=O) groups is 1. The number of thiophene rings is 1. The highest BCUT2D eigenvalue weighted by Gasteiger charge is 2.43. The van der Waals surface area contributed by atoms with Gasteiger partial charge in [-0.1, -0.05) is 0 Å². The van der Waals surface area contributed by atoms with Gasteiger partial charge in [0.1, 0.15) is 12.1 Å². The SMILES string of the molecule is CN(C)c1ncc(C(=O)N2CCCC3(CCCN3c3ncnc4ccsc34)CC2)o1. The van der Waals surface area contributed by atoms with Gasteiger partial charge in [0.15, 0.2) is 0 Å². The minimum atomic E-state index is -0.0696. The lowest BCUT2D eigenvalue weighted by Crippen LogP contribution is -2.45. The molecule has 0 aliphatic carbocycles. The molecule has 5 heterocycles. The van der Waals surface area contributed by atoms with Crippen molar-refractivity contribution >= 4 is 39.3 Å². The molecule has 0 aromatic carbocycles. The van der Waals surface area contributed by atoms with Gasteiger partial charge in [0.2, 0.25) is 5.76 Å². The molecule has 1 unspecified atom stereocenters. The Balaban J connectivity index is 1.37. The van der Waals surface area contributed by atoms with Crippen LogP contribution in [0.3, 0.4) is 0 Å². The molecule has 5 rings (SSSR count). The minimum Gasteiger partial charge on any atom is -0.418 e. The minimum absolute atomic E-state index is 0.0521. The third-order valence-corrected chi connectivity index (χ3v) is 7.27. The summed E-state index contributed by atoms with van der Waals surface area (Å²) in [7, 11) is 3.70. The zero-order chi connectivity index (χ0) is 20.7. The highest BCUT2D eigenvalue weighted by Crippen LogP contribution is 2.43. The van der Waals surface area contributed by atoms with Crippen LogP contribution in [0.1, 0.15) is 42.7 Å². The van der Waals surface area contributed by atoms with E-state index in [1.165, 1.54) is 6.20 Å². The maximum absolute atomic E-state index is 13.0. The van der Waals surface area contributed by atoms with Crippen LogP contribution in [0.4, 0.5) is 11.8 Å². The van der Waals surface area contributed by atoms with Gasteiger partial charge in [-0.15, -0.1) is 11.3 Å². The van der Waals surface area contributed by atoms with E-state index < -0.39 is 0 Å². The second kappa shape index (κ2) is 7.54. The van der Waals surface area contributed by atoms with Gasteiger partial charge >= 0.3 is 0 Å². The molecule has 1 amide bonds. The van der Waals surface area contributed by atoms with Gasteiger partial charge in [-0.3, -0.25) is 4.79 Å². The topological polar surface area (TPSA) is 78.6 Å². The Morgan fingerprint density at radius 3 is 2.77 bits per heavy atom. The predicted octanol–water partition coefficient (Wildman–Crippen LogP) is 3.41. The number of aromatic nitrogens is 3. The molecule has 0 bridgehead atoms. The van der Waals surface area contributed by atoms with E-state index in [1.807, 2.05) is 19.0 Å². The molecule has 2 aliphatic rings. The lowest BCUT2D eigenvalue weighted by Gasteiger charge is -2.39. The van der Waals surface area contributed by atoms with E-state index in [0.717, 1.165) is 61.2 Å². The number of hydrogen-bond acceptors (Lipinski definition) is 8. The fraction of sp³-hybridized carbons (Fsp3) is 0.524. The van der Waals surface area contributed by atoms with E-state index in [1.54, 1.807) is 22.6 Å². The van der Waals surface area contributed by atoms with Crippen LogP contribution in [-0.4, -0.2) is 65.0 Å². The summed E-state index contributed by atoms with van der Waals surface area (Å²) in [5.41, 5.74) is 1.07. The van der Waals surface area contributed by atoms with E-state index in [-0.39, 0.29) is 11.4 Å². The molecular formula is C21H26N6O2S. The number of oxazole rings is 1. The van der Waals surface area contributed by atoms with Crippen molar-refractivity contribution in [3.8, 4) is 0 Å². The molecule has 0 saturated carbocycles. The van der Waals surface area contributed by atoms with E-state index in [0.29, 0.717) is 18.3 Å². The van der Waals surface area contributed by atoms with Crippen molar-refractivity contribution in [2.45, 2.75) is 37.6 Å². The van der Waals surface area contributed by atoms with Gasteiger partial charge in [-0.05, 0) is 43.6 Å². The maximum atomic E-state index is 13.0. The lowest BCUT2D eigenvalue weighted by molar-refractivity contribution is 0.0728. The second-order valence-corrected chi connectivity index (χ2v) is 9.28. The van der Waals surface area contributed by atoms with E-state index in [9.17, 15) is 4.79 Å². The molecule has 2 aliphatic heterocycles. The first kappa shape index (κ1) is 19.3. The molecule has 0 N–H and O–H groups in total. The molecule has 158 valence electrons. The van der Waals surface area contributed by atoms with Crippen LogP contribution in [0.15, 0.2) is 28.4 Å². The second-order valence-electron chi connectivity index (χ2n) is 8.36. The molecular weight excluding hydrogens is 400 g/mol. The van der Waals surface area contributed by atoms with E-state index in [4.69, 9.17) is 4.42 Å². The smallest absolute Gasteiger partial charge is 0.297 e. The van der Waals surface area contributed by atoms with Crippen molar-refractivity contribution in [2.24, 2.45) is 0 Å². The Hall–Kier alpha value is -2.68. The van der Waals surface area contributed by atoms with Crippen molar-refractivity contribution < 1.29 is 9.21 Å². The Bertz CT molecular complexity index is 1060. The van der Waals surface area contributed by atoms with Crippen LogP contribution >= 0.6 is 11.3 Å². The number of carbonyl (C=O) groups excluding carboxylic acids is 1. The molecule has 1 spiro atoms. The fourth-order valence-corrected chi connectivity index (χ4v) is 5.71. The molecule has 2 saturated heterocycles. The quantitative estimate of drug-likeness (QED) is 0.635. The van der Waals surface area contributed by atoms with Gasteiger partial charge in [0, 0.05) is 39.3 Å². The standard InChI is InChI=1S/C21H26N6O2S/c1-25(2)20-22-13-16(29-20)19(28)26-9-3-6-21(8-11-26)7-4-10-27(21)18-17-15(5-12-30-17)23-14-24-18/h5,12-14H,3-4,6-11H2,1-2H3. The van der Waals surface area contributed by atoms with Crippen molar-refractivity contribution in [1.82, 2.24) is 19.9 Å². The molecule has 9 heteroatoms. The Morgan fingerprint density at radius 1 is 1.13 bits per heavy atom. The summed E-state index contributed by atoms with van der Waals surface area (Å²) in [6, 6.07) is 2.51. The highest BCUT2D eigenvalue weighted by molar-refractivity contribution is 7.17. The number of nitrogens with zero attached hydrogens (tertiary/aromatic N) is 6. The van der Waals surface area contributed by atoms with Crippen molar-refractivity contribution in [2.75, 3.05) is 43.5 Å². The maximum Gasteiger partial charge on any atom is 0.297 e. The summed E-state index contributed by atoms with van der Waals surface area (Å²) in [5, 5.41) is 2.08. The Morgan fingerprint density at radius 2 is 1.97 bits per heavy atom. The number of amides is 1. The van der Waals surface area contributed by atoms with Crippen LogP contribution in [-0.2, 0) is 0 Å². The normalized spacial score (nSPS) is 22.1. The summed E-state index contributed by atoms with van der Waals surface area (Å²) in [5.74, 6) is 1.30. The van der Waals surface area contributed by atoms with Crippen LogP contribution in [0.2, 0.25) is 0 Å². The van der Waals surface area contributed by atoms with Gasteiger partial charge in [0.05, 0.1) is 16.4 Å². The molecule has 3 aromatic heterocycles. The third-order valence-electron chi connectivity index (χ3n) is 6.37. The van der Waals surface area contributed by atoms with Crippen molar-refractivity contribution in [3.05, 3.63) is 29.7 Å². The van der Waals surface area contributed by atoms with Gasteiger partial charge < -0.3 is 19.1 Å². The van der Waals surface area contributed by atoms with Crippen molar-refractivity contribution in [3.63, 3.8) is 0 Å². The fourth-order valence-electron chi connectivity index (χ4n) is 4.87. The molecule has 8 nitrogen and oxygen atoms in total. The number of fused-ring (bicyclic) bond motifs is 1. The number of rotatable bonds is 3. The first-order valence-corrected chi connectivity index (χ1v) is 11.3. The van der Waals surface area contributed by atoms with E-state index in [2.05, 4.69) is 31.3 Å². The number of likely N-dealkylation sites (tertiary alicyclic amines) is 1. The van der Waals surface area contributed by atoms with Gasteiger partial charge in [0.25, 0.3) is 11.9 Å². The average molecular weight is 427 g/mol. The lowest BCUT2D eigenvalue weighted by atomic mass is 9.87. The summed E-state index contributed by atoms with van der Waals surface area (Å²) >= 11 is 1.71. The number of anilines is 2. The van der Waals surface area contributed by atoms with Gasteiger partial charge in [-0.2, -0.15) is 0 Å².